The van der Waals surface area contributed by atoms with Crippen molar-refractivity contribution in [1.82, 2.24) is 34.3 Å². The minimum absolute atomic E-state index is 0.0739. The second-order valence-electron chi connectivity index (χ2n) is 6.53. The molecule has 0 saturated heterocycles. The Kier molecular flexibility index (Phi) is 4.75. The number of aryl methyl sites for hydroxylation is 2. The molecule has 0 fully saturated rings. The summed E-state index contributed by atoms with van der Waals surface area (Å²) in [5, 5.41) is 18.4. The van der Waals surface area contributed by atoms with Crippen LogP contribution in [0, 0.1) is 12.7 Å². The highest BCUT2D eigenvalue weighted by Gasteiger charge is 2.32. The van der Waals surface area contributed by atoms with Gasteiger partial charge in [-0.2, -0.15) is 10.2 Å². The number of carboxylic acid groups (broad SMARTS) is 1. The molecule has 0 saturated carbocycles. The maximum atomic E-state index is 14.3. The van der Waals surface area contributed by atoms with E-state index in [0.29, 0.717) is 29.1 Å². The Balaban J connectivity index is 1.94. The van der Waals surface area contributed by atoms with E-state index in [0.717, 1.165) is 6.42 Å². The maximum absolute atomic E-state index is 14.3. The molecule has 1 atom stereocenters. The molecule has 0 aliphatic rings. The highest BCUT2D eigenvalue weighted by molar-refractivity contribution is 5.80. The topological polar surface area (TPSA) is 111 Å². The SMILES string of the molecule is CCCc1c(C(C(=O)O)c2ccnn2-c2ncccc2F)ncn2nc(C)nc12. The van der Waals surface area contributed by atoms with E-state index in [1.165, 1.54) is 41.6 Å². The van der Waals surface area contributed by atoms with Crippen LogP contribution >= 0.6 is 0 Å². The fourth-order valence-corrected chi connectivity index (χ4v) is 3.39. The van der Waals surface area contributed by atoms with Crippen molar-refractivity contribution in [2.24, 2.45) is 0 Å². The lowest BCUT2D eigenvalue weighted by Gasteiger charge is -2.17. The van der Waals surface area contributed by atoms with Gasteiger partial charge < -0.3 is 5.11 Å². The molecule has 29 heavy (non-hydrogen) atoms. The number of carboxylic acids is 1. The first-order chi connectivity index (χ1) is 14.0. The Labute approximate surface area is 164 Å². The number of nitrogens with zero attached hydrogens (tertiary/aromatic N) is 7. The van der Waals surface area contributed by atoms with E-state index < -0.39 is 17.7 Å². The zero-order valence-corrected chi connectivity index (χ0v) is 15.8. The Morgan fingerprint density at radius 1 is 1.28 bits per heavy atom. The summed E-state index contributed by atoms with van der Waals surface area (Å²) >= 11 is 0. The first-order valence-electron chi connectivity index (χ1n) is 9.09. The highest BCUT2D eigenvalue weighted by Crippen LogP contribution is 2.30. The summed E-state index contributed by atoms with van der Waals surface area (Å²) in [5.74, 6) is -2.42. The first-order valence-corrected chi connectivity index (χ1v) is 9.09. The number of carbonyl (C=O) groups is 1. The van der Waals surface area contributed by atoms with Crippen LogP contribution in [0.25, 0.3) is 11.5 Å². The molecule has 1 unspecified atom stereocenters. The molecule has 4 aromatic heterocycles. The molecule has 4 aromatic rings. The number of fused-ring (bicyclic) bond motifs is 1. The van der Waals surface area contributed by atoms with Crippen LogP contribution in [0.4, 0.5) is 4.39 Å². The van der Waals surface area contributed by atoms with Crippen molar-refractivity contribution in [1.29, 1.82) is 0 Å². The Bertz CT molecular complexity index is 1200. The summed E-state index contributed by atoms with van der Waals surface area (Å²) in [5.41, 5.74) is 1.84. The van der Waals surface area contributed by atoms with Gasteiger partial charge in [-0.1, -0.05) is 13.3 Å². The number of hydrogen-bond acceptors (Lipinski definition) is 6. The van der Waals surface area contributed by atoms with E-state index >= 15 is 0 Å². The number of rotatable bonds is 6. The molecule has 1 N–H and O–H groups in total. The van der Waals surface area contributed by atoms with Crippen molar-refractivity contribution in [2.75, 3.05) is 0 Å². The number of aromatic nitrogens is 7. The van der Waals surface area contributed by atoms with E-state index in [1.807, 2.05) is 6.92 Å². The third-order valence-electron chi connectivity index (χ3n) is 4.55. The summed E-state index contributed by atoms with van der Waals surface area (Å²) in [7, 11) is 0. The van der Waals surface area contributed by atoms with E-state index in [1.54, 1.807) is 11.4 Å². The summed E-state index contributed by atoms with van der Waals surface area (Å²) in [6.07, 6.45) is 5.62. The van der Waals surface area contributed by atoms with E-state index in [2.05, 4.69) is 25.1 Å². The Hall–Kier alpha value is -3.69. The molecule has 0 amide bonds. The molecule has 4 rings (SSSR count). The van der Waals surface area contributed by atoms with Crippen molar-refractivity contribution < 1.29 is 14.3 Å². The quantitative estimate of drug-likeness (QED) is 0.533. The van der Waals surface area contributed by atoms with Gasteiger partial charge in [-0.3, -0.25) is 4.79 Å². The number of pyridine rings is 1. The molecular weight excluding hydrogens is 377 g/mol. The van der Waals surface area contributed by atoms with Gasteiger partial charge in [0.25, 0.3) is 0 Å². The lowest BCUT2D eigenvalue weighted by molar-refractivity contribution is -0.137. The number of aliphatic carboxylic acids is 1. The molecular formula is C19H18FN7O2. The molecule has 9 nitrogen and oxygen atoms in total. The van der Waals surface area contributed by atoms with Crippen molar-refractivity contribution in [3.05, 3.63) is 65.5 Å². The van der Waals surface area contributed by atoms with Crippen LogP contribution in [0.5, 0.6) is 0 Å². The monoisotopic (exact) mass is 395 g/mol. The van der Waals surface area contributed by atoms with Crippen molar-refractivity contribution >= 4 is 11.6 Å². The van der Waals surface area contributed by atoms with Crippen molar-refractivity contribution in [3.63, 3.8) is 0 Å². The van der Waals surface area contributed by atoms with E-state index in [4.69, 9.17) is 0 Å². The second-order valence-corrected chi connectivity index (χ2v) is 6.53. The predicted octanol–water partition coefficient (Wildman–Crippen LogP) is 2.32. The summed E-state index contributed by atoms with van der Waals surface area (Å²) in [6, 6.07) is 4.23. The Morgan fingerprint density at radius 3 is 2.83 bits per heavy atom. The van der Waals surface area contributed by atoms with Gasteiger partial charge in [0, 0.05) is 18.0 Å². The van der Waals surface area contributed by atoms with Gasteiger partial charge in [0.15, 0.2) is 17.3 Å². The molecule has 4 heterocycles. The fourth-order valence-electron chi connectivity index (χ4n) is 3.39. The molecule has 0 aliphatic carbocycles. The highest BCUT2D eigenvalue weighted by atomic mass is 19.1. The Morgan fingerprint density at radius 2 is 2.10 bits per heavy atom. The van der Waals surface area contributed by atoms with Crippen molar-refractivity contribution in [3.8, 4) is 5.82 Å². The maximum Gasteiger partial charge on any atom is 0.318 e. The summed E-state index contributed by atoms with van der Waals surface area (Å²) < 4.78 is 17.0. The van der Waals surface area contributed by atoms with Crippen LogP contribution in [-0.2, 0) is 11.2 Å². The lowest BCUT2D eigenvalue weighted by Crippen LogP contribution is -2.21. The van der Waals surface area contributed by atoms with Gasteiger partial charge in [0.1, 0.15) is 18.1 Å². The van der Waals surface area contributed by atoms with Gasteiger partial charge in [0.05, 0.1) is 11.4 Å². The molecule has 0 aliphatic heterocycles. The minimum Gasteiger partial charge on any atom is -0.480 e. The van der Waals surface area contributed by atoms with Crippen LogP contribution in [0.3, 0.4) is 0 Å². The third-order valence-corrected chi connectivity index (χ3v) is 4.55. The van der Waals surface area contributed by atoms with Crippen LogP contribution in [0.2, 0.25) is 0 Å². The summed E-state index contributed by atoms with van der Waals surface area (Å²) in [4.78, 5) is 25.2. The van der Waals surface area contributed by atoms with Crippen LogP contribution in [-0.4, -0.2) is 45.4 Å². The number of halogens is 1. The standard InChI is InChI=1S/C19H18FN7O2/c1-3-5-12-16(22-10-26-17(12)24-11(2)25-26)15(19(28)29)14-7-9-23-27(14)18-13(20)6-4-8-21-18/h4,6-10,15H,3,5H2,1-2H3,(H,28,29). The fraction of sp³-hybridized carbons (Fsp3) is 0.263. The van der Waals surface area contributed by atoms with E-state index in [-0.39, 0.29) is 11.5 Å². The molecule has 0 bridgehead atoms. The largest absolute Gasteiger partial charge is 0.480 e. The third kappa shape index (κ3) is 3.22. The van der Waals surface area contributed by atoms with Crippen molar-refractivity contribution in [2.45, 2.75) is 32.6 Å². The van der Waals surface area contributed by atoms with Crippen LogP contribution in [0.15, 0.2) is 36.9 Å². The zero-order chi connectivity index (χ0) is 20.5. The second kappa shape index (κ2) is 7.38. The normalized spacial score (nSPS) is 12.4. The van der Waals surface area contributed by atoms with Gasteiger partial charge in [-0.05, 0) is 31.5 Å². The first kappa shape index (κ1) is 18.7. The predicted molar refractivity (Wildman–Crippen MR) is 100 cm³/mol. The number of hydrogen-bond donors (Lipinski definition) is 1. The summed E-state index contributed by atoms with van der Waals surface area (Å²) in [6.45, 7) is 3.75. The molecule has 148 valence electrons. The molecule has 0 radical (unpaired) electrons. The minimum atomic E-state index is -1.18. The molecule has 0 spiro atoms. The molecule has 10 heteroatoms. The van der Waals surface area contributed by atoms with Gasteiger partial charge >= 0.3 is 5.97 Å². The average molecular weight is 395 g/mol. The van der Waals surface area contributed by atoms with Gasteiger partial charge in [0.2, 0.25) is 0 Å². The average Bonchev–Trinajstić information content (AvgIpc) is 3.30. The molecule has 0 aromatic carbocycles. The zero-order valence-electron chi connectivity index (χ0n) is 15.8. The smallest absolute Gasteiger partial charge is 0.318 e. The van der Waals surface area contributed by atoms with E-state index in [9.17, 15) is 14.3 Å². The lowest BCUT2D eigenvalue weighted by atomic mass is 9.95. The van der Waals surface area contributed by atoms with Crippen LogP contribution < -0.4 is 0 Å². The van der Waals surface area contributed by atoms with Gasteiger partial charge in [-0.15, -0.1) is 0 Å². The van der Waals surface area contributed by atoms with Crippen LogP contribution in [0.1, 0.15) is 42.0 Å². The van der Waals surface area contributed by atoms with Gasteiger partial charge in [-0.25, -0.2) is 28.5 Å².